The Labute approximate surface area is 159 Å². The second kappa shape index (κ2) is 10.2. The Morgan fingerprint density at radius 3 is 2.56 bits per heavy atom. The van der Waals surface area contributed by atoms with Crippen molar-refractivity contribution in [2.75, 3.05) is 12.3 Å². The molecule has 0 amide bonds. The van der Waals surface area contributed by atoms with Gasteiger partial charge in [-0.25, -0.2) is 9.37 Å². The van der Waals surface area contributed by atoms with Crippen molar-refractivity contribution < 1.29 is 4.39 Å². The molecule has 6 heteroatoms. The summed E-state index contributed by atoms with van der Waals surface area (Å²) in [5.41, 5.74) is 8.87. The molecule has 0 aliphatic carbocycles. The van der Waals surface area contributed by atoms with E-state index in [1.165, 1.54) is 11.6 Å². The topological polar surface area (TPSA) is 50.9 Å². The largest absolute Gasteiger partial charge is 0.384 e. The van der Waals surface area contributed by atoms with Crippen LogP contribution in [0.25, 0.3) is 10.9 Å². The number of aryl methyl sites for hydroxylation is 1. The zero-order valence-electron chi connectivity index (χ0n) is 13.7. The van der Waals surface area contributed by atoms with Gasteiger partial charge in [-0.1, -0.05) is 24.3 Å². The number of nitrogens with zero attached hydrogens (tertiary/aromatic N) is 1. The molecule has 3 rings (SSSR count). The van der Waals surface area contributed by atoms with Crippen molar-refractivity contribution in [3.05, 3.63) is 71.5 Å². The minimum Gasteiger partial charge on any atom is -0.384 e. The van der Waals surface area contributed by atoms with Crippen LogP contribution in [-0.4, -0.2) is 11.5 Å². The number of nitrogen functional groups attached to an aromatic ring is 1. The number of anilines is 1. The Balaban J connectivity index is 0.00000156. The summed E-state index contributed by atoms with van der Waals surface area (Å²) in [6, 6.07) is 16.8. The van der Waals surface area contributed by atoms with E-state index in [1.807, 2.05) is 18.2 Å². The number of hydrogen-bond donors (Lipinski definition) is 2. The highest BCUT2D eigenvalue weighted by Gasteiger charge is 1.99. The Morgan fingerprint density at radius 1 is 0.960 bits per heavy atom. The maximum Gasteiger partial charge on any atom is 0.124 e. The second-order valence-corrected chi connectivity index (χ2v) is 5.67. The molecule has 3 N–H and O–H groups in total. The highest BCUT2D eigenvalue weighted by atomic mass is 35.5. The van der Waals surface area contributed by atoms with Gasteiger partial charge in [0.25, 0.3) is 0 Å². The van der Waals surface area contributed by atoms with Gasteiger partial charge in [0.15, 0.2) is 0 Å². The number of nitrogens with one attached hydrogen (secondary N) is 1. The minimum absolute atomic E-state index is 0. The standard InChI is InChI=1S/C19H20FN3.2ClH/c20-17-5-1-3-14(11-17)4-2-10-22-13-15-6-7-16-8-9-19(21)23-18(16)12-15;;/h1,3,5-9,11-12,22H,2,4,10,13H2,(H2,21,23);2*1H. The number of nitrogens with two attached hydrogens (primary N) is 1. The minimum atomic E-state index is -0.168. The van der Waals surface area contributed by atoms with Crippen molar-refractivity contribution in [2.45, 2.75) is 19.4 Å². The van der Waals surface area contributed by atoms with Crippen molar-refractivity contribution in [3.63, 3.8) is 0 Å². The Morgan fingerprint density at radius 2 is 1.76 bits per heavy atom. The summed E-state index contributed by atoms with van der Waals surface area (Å²) in [5.74, 6) is 0.371. The molecule has 0 spiro atoms. The molecule has 134 valence electrons. The molecule has 0 saturated carbocycles. The number of pyridine rings is 1. The van der Waals surface area contributed by atoms with E-state index in [0.29, 0.717) is 5.82 Å². The third-order valence-electron chi connectivity index (χ3n) is 3.82. The molecule has 1 aromatic heterocycles. The number of fused-ring (bicyclic) bond motifs is 1. The summed E-state index contributed by atoms with van der Waals surface area (Å²) in [6.45, 7) is 1.68. The maximum atomic E-state index is 13.1. The van der Waals surface area contributed by atoms with E-state index in [1.54, 1.807) is 12.1 Å². The smallest absolute Gasteiger partial charge is 0.124 e. The van der Waals surface area contributed by atoms with E-state index in [9.17, 15) is 4.39 Å². The number of aromatic nitrogens is 1. The number of hydrogen-bond acceptors (Lipinski definition) is 3. The van der Waals surface area contributed by atoms with E-state index < -0.39 is 0 Å². The molecule has 0 unspecified atom stereocenters. The van der Waals surface area contributed by atoms with Gasteiger partial charge in [0.2, 0.25) is 0 Å². The third kappa shape index (κ3) is 6.16. The summed E-state index contributed by atoms with van der Waals surface area (Å²) in [5, 5.41) is 4.50. The molecule has 3 nitrogen and oxygen atoms in total. The van der Waals surface area contributed by atoms with Crippen LogP contribution in [0.15, 0.2) is 54.6 Å². The summed E-state index contributed by atoms with van der Waals surface area (Å²) in [6.07, 6.45) is 1.85. The zero-order chi connectivity index (χ0) is 16.1. The van der Waals surface area contributed by atoms with Gasteiger partial charge in [-0.05, 0) is 60.8 Å². The highest BCUT2D eigenvalue weighted by Crippen LogP contribution is 2.15. The van der Waals surface area contributed by atoms with Crippen LogP contribution in [0, 0.1) is 5.82 Å². The highest BCUT2D eigenvalue weighted by molar-refractivity contribution is 5.85. The van der Waals surface area contributed by atoms with Gasteiger partial charge in [0.05, 0.1) is 5.52 Å². The quantitative estimate of drug-likeness (QED) is 0.617. The van der Waals surface area contributed by atoms with E-state index in [2.05, 4.69) is 28.5 Å². The van der Waals surface area contributed by atoms with E-state index in [0.717, 1.165) is 42.4 Å². The van der Waals surface area contributed by atoms with Gasteiger partial charge >= 0.3 is 0 Å². The van der Waals surface area contributed by atoms with Crippen LogP contribution >= 0.6 is 24.8 Å². The molecule has 0 aliphatic heterocycles. The average molecular weight is 382 g/mol. The van der Waals surface area contributed by atoms with Crippen LogP contribution in [0.2, 0.25) is 0 Å². The van der Waals surface area contributed by atoms with Crippen LogP contribution in [0.5, 0.6) is 0 Å². The van der Waals surface area contributed by atoms with Crippen molar-refractivity contribution >= 4 is 41.5 Å². The molecule has 3 aromatic rings. The van der Waals surface area contributed by atoms with Gasteiger partial charge in [0, 0.05) is 11.9 Å². The molecule has 2 aromatic carbocycles. The molecule has 25 heavy (non-hydrogen) atoms. The molecule has 1 heterocycles. The maximum absolute atomic E-state index is 13.1. The Kier molecular flexibility index (Phi) is 8.62. The van der Waals surface area contributed by atoms with Crippen LogP contribution < -0.4 is 11.1 Å². The van der Waals surface area contributed by atoms with Gasteiger partial charge in [-0.2, -0.15) is 0 Å². The number of halogens is 3. The third-order valence-corrected chi connectivity index (χ3v) is 3.82. The van der Waals surface area contributed by atoms with Crippen molar-refractivity contribution in [1.82, 2.24) is 10.3 Å². The fourth-order valence-corrected chi connectivity index (χ4v) is 2.63. The van der Waals surface area contributed by atoms with Crippen molar-refractivity contribution in [3.8, 4) is 0 Å². The first kappa shape index (κ1) is 21.2. The molecular weight excluding hydrogens is 360 g/mol. The van der Waals surface area contributed by atoms with E-state index >= 15 is 0 Å². The fraction of sp³-hybridized carbons (Fsp3) is 0.211. The lowest BCUT2D eigenvalue weighted by molar-refractivity contribution is 0.620. The molecular formula is C19H22Cl2FN3. The predicted molar refractivity (Wildman–Crippen MR) is 107 cm³/mol. The SMILES string of the molecule is Cl.Cl.Nc1ccc2ccc(CNCCCc3cccc(F)c3)cc2n1. The molecule has 0 aliphatic rings. The summed E-state index contributed by atoms with van der Waals surface area (Å²) >= 11 is 0. The van der Waals surface area contributed by atoms with Crippen molar-refractivity contribution in [1.29, 1.82) is 0 Å². The zero-order valence-corrected chi connectivity index (χ0v) is 15.4. The molecule has 0 bridgehead atoms. The molecule has 0 atom stereocenters. The lowest BCUT2D eigenvalue weighted by Crippen LogP contribution is -2.15. The van der Waals surface area contributed by atoms with Crippen LogP contribution in [0.4, 0.5) is 10.2 Å². The average Bonchev–Trinajstić information content (AvgIpc) is 2.54. The van der Waals surface area contributed by atoms with Gasteiger partial charge in [-0.15, -0.1) is 24.8 Å². The molecule has 0 saturated heterocycles. The molecule has 0 radical (unpaired) electrons. The number of benzene rings is 2. The van der Waals surface area contributed by atoms with Gasteiger partial charge in [0.1, 0.15) is 11.6 Å². The fourth-order valence-electron chi connectivity index (χ4n) is 2.63. The summed E-state index contributed by atoms with van der Waals surface area (Å²) in [7, 11) is 0. The monoisotopic (exact) mass is 381 g/mol. The predicted octanol–water partition coefficient (Wildman–Crippen LogP) is 4.52. The number of rotatable bonds is 6. The first-order chi connectivity index (χ1) is 11.2. The van der Waals surface area contributed by atoms with Crippen LogP contribution in [0.1, 0.15) is 17.5 Å². The Bertz CT molecular complexity index is 812. The Hall–Kier alpha value is -1.88. The molecule has 0 fully saturated rings. The first-order valence-electron chi connectivity index (χ1n) is 7.81. The van der Waals surface area contributed by atoms with Gasteiger partial charge < -0.3 is 11.1 Å². The normalized spacial score (nSPS) is 10.1. The van der Waals surface area contributed by atoms with Gasteiger partial charge in [-0.3, -0.25) is 0 Å². The summed E-state index contributed by atoms with van der Waals surface area (Å²) in [4.78, 5) is 4.34. The van der Waals surface area contributed by atoms with E-state index in [4.69, 9.17) is 5.73 Å². The van der Waals surface area contributed by atoms with Crippen LogP contribution in [0.3, 0.4) is 0 Å². The van der Waals surface area contributed by atoms with Crippen molar-refractivity contribution in [2.24, 2.45) is 0 Å². The second-order valence-electron chi connectivity index (χ2n) is 5.67. The first-order valence-corrected chi connectivity index (χ1v) is 7.81. The lowest BCUT2D eigenvalue weighted by atomic mass is 10.1. The van der Waals surface area contributed by atoms with Crippen LogP contribution in [-0.2, 0) is 13.0 Å². The summed E-state index contributed by atoms with van der Waals surface area (Å²) < 4.78 is 13.1. The van der Waals surface area contributed by atoms with E-state index in [-0.39, 0.29) is 30.6 Å². The lowest BCUT2D eigenvalue weighted by Gasteiger charge is -2.07.